The van der Waals surface area contributed by atoms with E-state index in [2.05, 4.69) is 4.90 Å². The van der Waals surface area contributed by atoms with Crippen molar-refractivity contribution >= 4 is 10.0 Å². The Hall–Kier alpha value is -1.89. The van der Waals surface area contributed by atoms with Crippen LogP contribution in [0.4, 0.5) is 0 Å². The fourth-order valence-electron chi connectivity index (χ4n) is 3.97. The Morgan fingerprint density at radius 2 is 1.48 bits per heavy atom. The standard InChI is InChI=1S/C19H22N2O3S/c22-18-8-6-15(7-9-18)10-20-11-16-13-21(14-17(16)12-20)25(23,24)19-4-2-1-3-5-19/h1-9,16-17,22H,10-14H2/t16-,17-/m0/s1. The second-order valence-corrected chi connectivity index (χ2v) is 8.95. The SMILES string of the molecule is O=S(=O)(c1ccccc1)N1C[C@@H]2CN(Cc3ccc(O)cc3)C[C@H]2C1. The summed E-state index contributed by atoms with van der Waals surface area (Å²) < 4.78 is 27.2. The minimum Gasteiger partial charge on any atom is -0.508 e. The van der Waals surface area contributed by atoms with Crippen LogP contribution >= 0.6 is 0 Å². The third-order valence-electron chi connectivity index (χ3n) is 5.25. The summed E-state index contributed by atoms with van der Waals surface area (Å²) >= 11 is 0. The number of sulfonamides is 1. The van der Waals surface area contributed by atoms with Crippen molar-refractivity contribution in [2.24, 2.45) is 11.8 Å². The average molecular weight is 358 g/mol. The van der Waals surface area contributed by atoms with Gasteiger partial charge in [0.05, 0.1) is 4.90 Å². The lowest BCUT2D eigenvalue weighted by Crippen LogP contribution is -2.33. The lowest BCUT2D eigenvalue weighted by atomic mass is 10.0. The van der Waals surface area contributed by atoms with E-state index in [0.29, 0.717) is 29.8 Å². The Kier molecular flexibility index (Phi) is 4.27. The van der Waals surface area contributed by atoms with E-state index in [1.54, 1.807) is 40.7 Å². The fourth-order valence-corrected chi connectivity index (χ4v) is 5.55. The van der Waals surface area contributed by atoms with Gasteiger partial charge >= 0.3 is 0 Å². The molecular formula is C19H22N2O3S. The molecule has 4 rings (SSSR count). The van der Waals surface area contributed by atoms with Gasteiger partial charge in [-0.1, -0.05) is 30.3 Å². The Balaban J connectivity index is 1.40. The maximum Gasteiger partial charge on any atom is 0.243 e. The van der Waals surface area contributed by atoms with E-state index in [-0.39, 0.29) is 5.75 Å². The van der Waals surface area contributed by atoms with E-state index >= 15 is 0 Å². The number of phenols is 1. The van der Waals surface area contributed by atoms with Gasteiger partial charge in [0.25, 0.3) is 0 Å². The van der Waals surface area contributed by atoms with Crippen molar-refractivity contribution in [1.29, 1.82) is 0 Å². The van der Waals surface area contributed by atoms with Gasteiger partial charge in [-0.15, -0.1) is 0 Å². The third-order valence-corrected chi connectivity index (χ3v) is 7.10. The molecule has 2 aliphatic rings. The zero-order chi connectivity index (χ0) is 17.4. The van der Waals surface area contributed by atoms with Gasteiger partial charge in [-0.25, -0.2) is 8.42 Å². The van der Waals surface area contributed by atoms with E-state index in [9.17, 15) is 13.5 Å². The van der Waals surface area contributed by atoms with Crippen molar-refractivity contribution in [1.82, 2.24) is 9.21 Å². The van der Waals surface area contributed by atoms with Gasteiger partial charge in [-0.3, -0.25) is 4.90 Å². The van der Waals surface area contributed by atoms with Crippen LogP contribution in [0.2, 0.25) is 0 Å². The van der Waals surface area contributed by atoms with Crippen LogP contribution in [0, 0.1) is 11.8 Å². The monoisotopic (exact) mass is 358 g/mol. The molecule has 0 aliphatic carbocycles. The summed E-state index contributed by atoms with van der Waals surface area (Å²) in [6.07, 6.45) is 0. The maximum atomic E-state index is 12.8. The van der Waals surface area contributed by atoms with Crippen LogP contribution < -0.4 is 0 Å². The number of hydrogen-bond donors (Lipinski definition) is 1. The maximum absolute atomic E-state index is 12.8. The van der Waals surface area contributed by atoms with Crippen LogP contribution in [-0.4, -0.2) is 48.9 Å². The molecule has 0 bridgehead atoms. The minimum absolute atomic E-state index is 0.281. The van der Waals surface area contributed by atoms with E-state index in [0.717, 1.165) is 19.6 Å². The Labute approximate surface area is 148 Å². The van der Waals surface area contributed by atoms with Crippen molar-refractivity contribution in [2.45, 2.75) is 11.4 Å². The third kappa shape index (κ3) is 3.29. The number of hydrogen-bond acceptors (Lipinski definition) is 4. The van der Waals surface area contributed by atoms with Crippen molar-refractivity contribution in [3.05, 3.63) is 60.2 Å². The first-order chi connectivity index (χ1) is 12.0. The predicted molar refractivity (Wildman–Crippen MR) is 95.6 cm³/mol. The molecule has 0 aromatic heterocycles. The number of nitrogens with zero attached hydrogens (tertiary/aromatic N) is 2. The molecule has 2 saturated heterocycles. The summed E-state index contributed by atoms with van der Waals surface area (Å²) in [5.74, 6) is 1.08. The molecular weight excluding hydrogens is 336 g/mol. The first-order valence-electron chi connectivity index (χ1n) is 8.58. The number of phenolic OH excluding ortho intramolecular Hbond substituents is 1. The fraction of sp³-hybridized carbons (Fsp3) is 0.368. The van der Waals surface area contributed by atoms with Crippen molar-refractivity contribution in [2.75, 3.05) is 26.2 Å². The van der Waals surface area contributed by atoms with Crippen LogP contribution in [0.5, 0.6) is 5.75 Å². The van der Waals surface area contributed by atoms with Crippen molar-refractivity contribution in [3.8, 4) is 5.75 Å². The molecule has 2 heterocycles. The Morgan fingerprint density at radius 1 is 0.880 bits per heavy atom. The average Bonchev–Trinajstić information content (AvgIpc) is 3.17. The van der Waals surface area contributed by atoms with Crippen LogP contribution in [0.15, 0.2) is 59.5 Å². The molecule has 2 aromatic carbocycles. The largest absolute Gasteiger partial charge is 0.508 e. The number of benzene rings is 2. The van der Waals surface area contributed by atoms with E-state index < -0.39 is 10.0 Å². The molecule has 2 fully saturated rings. The summed E-state index contributed by atoms with van der Waals surface area (Å²) in [4.78, 5) is 2.77. The number of aromatic hydroxyl groups is 1. The van der Waals surface area contributed by atoms with Crippen LogP contribution in [-0.2, 0) is 16.6 Å². The molecule has 0 amide bonds. The van der Waals surface area contributed by atoms with Gasteiger partial charge in [-0.05, 0) is 41.7 Å². The second-order valence-electron chi connectivity index (χ2n) is 7.02. The smallest absolute Gasteiger partial charge is 0.243 e. The van der Waals surface area contributed by atoms with Gasteiger partial charge in [0.2, 0.25) is 10.0 Å². The van der Waals surface area contributed by atoms with E-state index in [1.807, 2.05) is 18.2 Å². The number of fused-ring (bicyclic) bond motifs is 1. The molecule has 2 atom stereocenters. The minimum atomic E-state index is -3.37. The van der Waals surface area contributed by atoms with E-state index in [1.165, 1.54) is 5.56 Å². The predicted octanol–water partition coefficient (Wildman–Crippen LogP) is 2.14. The van der Waals surface area contributed by atoms with Crippen LogP contribution in [0.25, 0.3) is 0 Å². The summed E-state index contributed by atoms with van der Waals surface area (Å²) in [5.41, 5.74) is 1.17. The highest BCUT2D eigenvalue weighted by atomic mass is 32.2. The van der Waals surface area contributed by atoms with Gasteiger partial charge in [0.1, 0.15) is 5.75 Å². The Morgan fingerprint density at radius 3 is 2.08 bits per heavy atom. The normalized spacial score (nSPS) is 24.5. The molecule has 1 N–H and O–H groups in total. The van der Waals surface area contributed by atoms with Gasteiger partial charge in [0, 0.05) is 32.7 Å². The highest BCUT2D eigenvalue weighted by molar-refractivity contribution is 7.89. The topological polar surface area (TPSA) is 60.9 Å². The molecule has 5 nitrogen and oxygen atoms in total. The molecule has 25 heavy (non-hydrogen) atoms. The number of likely N-dealkylation sites (tertiary alicyclic amines) is 1. The highest BCUT2D eigenvalue weighted by Crippen LogP contribution is 2.34. The van der Waals surface area contributed by atoms with Gasteiger partial charge in [0.15, 0.2) is 0 Å². The zero-order valence-electron chi connectivity index (χ0n) is 14.0. The van der Waals surface area contributed by atoms with Crippen molar-refractivity contribution in [3.63, 3.8) is 0 Å². The summed E-state index contributed by atoms with van der Waals surface area (Å²) in [6, 6.07) is 16.0. The second kappa shape index (κ2) is 6.44. The quantitative estimate of drug-likeness (QED) is 0.910. The van der Waals surface area contributed by atoms with Crippen molar-refractivity contribution < 1.29 is 13.5 Å². The molecule has 0 saturated carbocycles. The Bertz CT molecular complexity index is 823. The highest BCUT2D eigenvalue weighted by Gasteiger charge is 2.44. The summed E-state index contributed by atoms with van der Waals surface area (Å²) in [6.45, 7) is 3.90. The molecule has 2 aromatic rings. The number of rotatable bonds is 4. The van der Waals surface area contributed by atoms with Crippen LogP contribution in [0.3, 0.4) is 0 Å². The molecule has 0 spiro atoms. The first-order valence-corrected chi connectivity index (χ1v) is 10.0. The molecule has 132 valence electrons. The molecule has 0 radical (unpaired) electrons. The van der Waals surface area contributed by atoms with E-state index in [4.69, 9.17) is 0 Å². The lowest BCUT2D eigenvalue weighted by Gasteiger charge is -2.21. The van der Waals surface area contributed by atoms with Gasteiger partial charge < -0.3 is 5.11 Å². The van der Waals surface area contributed by atoms with Crippen LogP contribution in [0.1, 0.15) is 5.56 Å². The lowest BCUT2D eigenvalue weighted by molar-refractivity contribution is 0.289. The molecule has 2 aliphatic heterocycles. The molecule has 6 heteroatoms. The van der Waals surface area contributed by atoms with Gasteiger partial charge in [-0.2, -0.15) is 4.31 Å². The zero-order valence-corrected chi connectivity index (χ0v) is 14.8. The summed E-state index contributed by atoms with van der Waals surface area (Å²) in [5, 5.41) is 9.37. The molecule has 0 unspecified atom stereocenters. The first kappa shape index (κ1) is 16.6. The summed E-state index contributed by atoms with van der Waals surface area (Å²) in [7, 11) is -3.37.